The lowest BCUT2D eigenvalue weighted by atomic mass is 10.1. The molecular weight excluding hydrogens is 456 g/mol. The highest BCUT2D eigenvalue weighted by Crippen LogP contribution is 2.32. The van der Waals surface area contributed by atoms with Gasteiger partial charge in [-0.2, -0.15) is 0 Å². The molecule has 2 aliphatic heterocycles. The number of carbonyl (C=O) groups is 2. The minimum Gasteiger partial charge on any atom is -0.456 e. The quantitative estimate of drug-likeness (QED) is 0.563. The molecule has 3 heterocycles. The van der Waals surface area contributed by atoms with Crippen molar-refractivity contribution in [3.63, 3.8) is 0 Å². The van der Waals surface area contributed by atoms with Gasteiger partial charge in [0.15, 0.2) is 11.2 Å². The van der Waals surface area contributed by atoms with Gasteiger partial charge in [-0.3, -0.25) is 4.79 Å². The molecule has 10 heteroatoms. The monoisotopic (exact) mass is 480 g/mol. The Morgan fingerprint density at radius 1 is 0.771 bits per heavy atom. The third-order valence-corrected chi connectivity index (χ3v) is 5.77. The van der Waals surface area contributed by atoms with Gasteiger partial charge in [0.2, 0.25) is 0 Å². The van der Waals surface area contributed by atoms with Gasteiger partial charge in [-0.05, 0) is 0 Å². The van der Waals surface area contributed by atoms with E-state index in [1.807, 2.05) is 30.3 Å². The Bertz CT molecular complexity index is 1280. The number of ether oxygens (including phenoxy) is 4. The van der Waals surface area contributed by atoms with Crippen LogP contribution >= 0.6 is 0 Å². The van der Waals surface area contributed by atoms with Crippen molar-refractivity contribution in [2.75, 3.05) is 52.6 Å². The molecule has 2 aromatic carbocycles. The van der Waals surface area contributed by atoms with Gasteiger partial charge < -0.3 is 33.2 Å². The molecule has 0 radical (unpaired) electrons. The van der Waals surface area contributed by atoms with E-state index >= 15 is 0 Å². The molecule has 0 atom stereocenters. The zero-order valence-corrected chi connectivity index (χ0v) is 18.9. The number of amides is 2. The number of rotatable bonds is 3. The predicted octanol–water partition coefficient (Wildman–Crippen LogP) is 3.12. The Hall–Kier alpha value is -3.89. The fourth-order valence-corrected chi connectivity index (χ4v) is 3.93. The lowest BCUT2D eigenvalue weighted by molar-refractivity contribution is 0.0410. The molecule has 0 spiro atoms. The zero-order chi connectivity index (χ0) is 24.2. The Kier molecular flexibility index (Phi) is 6.64. The van der Waals surface area contributed by atoms with Crippen LogP contribution in [-0.2, 0) is 9.47 Å². The summed E-state index contributed by atoms with van der Waals surface area (Å²) in [6.07, 6.45) is -1.20. The lowest BCUT2D eigenvalue weighted by Crippen LogP contribution is -2.42. The van der Waals surface area contributed by atoms with Crippen molar-refractivity contribution in [1.29, 1.82) is 0 Å². The zero-order valence-electron chi connectivity index (χ0n) is 18.9. The number of benzene rings is 2. The van der Waals surface area contributed by atoms with Crippen LogP contribution in [0.1, 0.15) is 0 Å². The first-order valence-corrected chi connectivity index (χ1v) is 11.3. The number of hydrogen-bond acceptors (Lipinski definition) is 8. The molecule has 0 unspecified atom stereocenters. The molecule has 0 aliphatic carbocycles. The van der Waals surface area contributed by atoms with E-state index in [0.29, 0.717) is 63.9 Å². The van der Waals surface area contributed by atoms with Crippen LogP contribution in [0.3, 0.4) is 0 Å². The topological polar surface area (TPSA) is 108 Å². The van der Waals surface area contributed by atoms with Gasteiger partial charge in [-0.15, -0.1) is 0 Å². The molecule has 182 valence electrons. The van der Waals surface area contributed by atoms with Crippen molar-refractivity contribution >= 4 is 23.2 Å². The van der Waals surface area contributed by atoms with E-state index < -0.39 is 12.2 Å². The standard InChI is InChI=1S/C25H24N2O8/c28-19-16-20(17-4-2-1-3-5-17)34-21-14-18(33-24(29)26-6-10-31-11-7-26)15-22(23(19)21)35-25(30)27-8-12-32-13-9-27/h1-5,14-16H,6-13H2. The Morgan fingerprint density at radius 3 is 2.00 bits per heavy atom. The van der Waals surface area contributed by atoms with E-state index in [1.165, 1.54) is 28.0 Å². The minimum atomic E-state index is -0.627. The van der Waals surface area contributed by atoms with Crippen molar-refractivity contribution < 1.29 is 33.0 Å². The molecule has 10 nitrogen and oxygen atoms in total. The van der Waals surface area contributed by atoms with Crippen molar-refractivity contribution in [2.24, 2.45) is 0 Å². The summed E-state index contributed by atoms with van der Waals surface area (Å²) in [6.45, 7) is 3.18. The summed E-state index contributed by atoms with van der Waals surface area (Å²) in [4.78, 5) is 41.6. The number of fused-ring (bicyclic) bond motifs is 1. The fraction of sp³-hybridized carbons (Fsp3) is 0.320. The molecule has 2 saturated heterocycles. The van der Waals surface area contributed by atoms with Crippen LogP contribution in [0, 0.1) is 0 Å². The van der Waals surface area contributed by atoms with Crippen molar-refractivity contribution in [3.8, 4) is 22.8 Å². The second-order valence-corrected chi connectivity index (χ2v) is 8.07. The van der Waals surface area contributed by atoms with Gasteiger partial charge in [-0.25, -0.2) is 9.59 Å². The molecule has 2 fully saturated rings. The maximum Gasteiger partial charge on any atom is 0.415 e. The van der Waals surface area contributed by atoms with Crippen LogP contribution in [0.15, 0.2) is 57.7 Å². The molecule has 2 aliphatic rings. The average Bonchev–Trinajstić information content (AvgIpc) is 2.89. The highest BCUT2D eigenvalue weighted by atomic mass is 16.6. The molecule has 3 aromatic rings. The molecule has 2 amide bonds. The maximum absolute atomic E-state index is 13.1. The summed E-state index contributed by atoms with van der Waals surface area (Å²) in [5.74, 6) is 0.384. The SMILES string of the molecule is O=C(Oc1cc(OC(=O)N2CCOCC2)c2c(=O)cc(-c3ccccc3)oc2c1)N1CCOCC1. The van der Waals surface area contributed by atoms with Crippen molar-refractivity contribution in [1.82, 2.24) is 9.80 Å². The van der Waals surface area contributed by atoms with Crippen LogP contribution in [0.25, 0.3) is 22.3 Å². The normalized spacial score (nSPS) is 16.2. The van der Waals surface area contributed by atoms with Gasteiger partial charge in [-0.1, -0.05) is 30.3 Å². The van der Waals surface area contributed by atoms with Gasteiger partial charge in [0.05, 0.1) is 26.4 Å². The largest absolute Gasteiger partial charge is 0.456 e. The summed E-state index contributed by atoms with van der Waals surface area (Å²) in [5.41, 5.74) is 0.448. The van der Waals surface area contributed by atoms with Crippen LogP contribution in [-0.4, -0.2) is 74.6 Å². The first kappa shape index (κ1) is 22.9. The number of nitrogens with zero attached hydrogens (tertiary/aromatic N) is 2. The third-order valence-electron chi connectivity index (χ3n) is 5.77. The number of carbonyl (C=O) groups excluding carboxylic acids is 2. The molecular formula is C25H24N2O8. The van der Waals surface area contributed by atoms with Crippen LogP contribution in [0.5, 0.6) is 11.5 Å². The van der Waals surface area contributed by atoms with Crippen LogP contribution in [0.2, 0.25) is 0 Å². The lowest BCUT2D eigenvalue weighted by Gasteiger charge is -2.26. The van der Waals surface area contributed by atoms with Gasteiger partial charge in [0, 0.05) is 49.9 Å². The Balaban J connectivity index is 1.53. The summed E-state index contributed by atoms with van der Waals surface area (Å²) in [6, 6.07) is 13.3. The average molecular weight is 480 g/mol. The van der Waals surface area contributed by atoms with E-state index in [9.17, 15) is 14.4 Å². The number of hydrogen-bond donors (Lipinski definition) is 0. The third kappa shape index (κ3) is 5.13. The molecule has 0 N–H and O–H groups in total. The highest BCUT2D eigenvalue weighted by Gasteiger charge is 2.24. The first-order valence-electron chi connectivity index (χ1n) is 11.3. The maximum atomic E-state index is 13.1. The first-order chi connectivity index (χ1) is 17.1. The minimum absolute atomic E-state index is 0.0443. The second kappa shape index (κ2) is 10.2. The van der Waals surface area contributed by atoms with E-state index in [0.717, 1.165) is 0 Å². The summed E-state index contributed by atoms with van der Waals surface area (Å²) in [5, 5.41) is 0.0810. The molecule has 0 saturated carbocycles. The second-order valence-electron chi connectivity index (χ2n) is 8.07. The summed E-state index contributed by atoms with van der Waals surface area (Å²) in [7, 11) is 0. The van der Waals surface area contributed by atoms with E-state index in [2.05, 4.69) is 0 Å². The Morgan fingerprint density at radius 2 is 1.37 bits per heavy atom. The van der Waals surface area contributed by atoms with Gasteiger partial charge in [0.1, 0.15) is 22.5 Å². The molecule has 35 heavy (non-hydrogen) atoms. The Labute approximate surface area is 200 Å². The number of morpholine rings is 2. The molecule has 5 rings (SSSR count). The van der Waals surface area contributed by atoms with Crippen LogP contribution < -0.4 is 14.9 Å². The molecule has 0 bridgehead atoms. The summed E-state index contributed by atoms with van der Waals surface area (Å²) >= 11 is 0. The van der Waals surface area contributed by atoms with Crippen molar-refractivity contribution in [3.05, 3.63) is 58.8 Å². The van der Waals surface area contributed by atoms with Crippen LogP contribution in [0.4, 0.5) is 9.59 Å². The van der Waals surface area contributed by atoms with E-state index in [1.54, 1.807) is 0 Å². The highest BCUT2D eigenvalue weighted by molar-refractivity contribution is 5.89. The van der Waals surface area contributed by atoms with E-state index in [4.69, 9.17) is 23.4 Å². The van der Waals surface area contributed by atoms with E-state index in [-0.39, 0.29) is 27.9 Å². The predicted molar refractivity (Wildman–Crippen MR) is 125 cm³/mol. The smallest absolute Gasteiger partial charge is 0.415 e. The van der Waals surface area contributed by atoms with Gasteiger partial charge in [0.25, 0.3) is 0 Å². The molecule has 1 aromatic heterocycles. The van der Waals surface area contributed by atoms with Crippen molar-refractivity contribution in [2.45, 2.75) is 0 Å². The fourth-order valence-electron chi connectivity index (χ4n) is 3.93. The summed E-state index contributed by atoms with van der Waals surface area (Å²) < 4.78 is 27.7. The van der Waals surface area contributed by atoms with Gasteiger partial charge >= 0.3 is 12.2 Å².